The first kappa shape index (κ1) is 10.4. The van der Waals surface area contributed by atoms with Gasteiger partial charge in [-0.25, -0.2) is 0 Å². The van der Waals surface area contributed by atoms with Crippen LogP contribution in [-0.2, 0) is 9.53 Å². The van der Waals surface area contributed by atoms with Gasteiger partial charge in [0.25, 0.3) is 0 Å². The van der Waals surface area contributed by atoms with E-state index in [-0.39, 0.29) is 18.6 Å². The molecular formula is C8H15NO4. The van der Waals surface area contributed by atoms with Crippen LogP contribution in [0.3, 0.4) is 0 Å². The minimum Gasteiger partial charge on any atom is -0.388 e. The summed E-state index contributed by atoms with van der Waals surface area (Å²) in [5.74, 6) is -0.242. The van der Waals surface area contributed by atoms with E-state index in [2.05, 4.69) is 5.32 Å². The Morgan fingerprint density at radius 3 is 2.69 bits per heavy atom. The maximum atomic E-state index is 10.8. The van der Waals surface area contributed by atoms with Gasteiger partial charge in [-0.15, -0.1) is 0 Å². The molecule has 1 heterocycles. The highest BCUT2D eigenvalue weighted by molar-refractivity contribution is 5.73. The van der Waals surface area contributed by atoms with Crippen LogP contribution in [-0.4, -0.2) is 47.1 Å². The Morgan fingerprint density at radius 2 is 2.15 bits per heavy atom. The fourth-order valence-corrected chi connectivity index (χ4v) is 1.41. The highest BCUT2D eigenvalue weighted by atomic mass is 16.5. The Labute approximate surface area is 76.7 Å². The van der Waals surface area contributed by atoms with Crippen molar-refractivity contribution >= 4 is 5.91 Å². The lowest BCUT2D eigenvalue weighted by Gasteiger charge is -2.36. The second kappa shape index (κ2) is 4.04. The summed E-state index contributed by atoms with van der Waals surface area (Å²) in [6, 6.07) is -0.527. The van der Waals surface area contributed by atoms with E-state index in [9.17, 15) is 15.0 Å². The molecule has 5 nitrogen and oxygen atoms in total. The fourth-order valence-electron chi connectivity index (χ4n) is 1.41. The molecule has 0 aromatic carbocycles. The maximum absolute atomic E-state index is 10.8. The van der Waals surface area contributed by atoms with Gasteiger partial charge in [0.1, 0.15) is 12.2 Å². The minimum atomic E-state index is -0.951. The molecule has 1 amide bonds. The number of ether oxygens (including phenoxy) is 1. The molecule has 0 aliphatic carbocycles. The van der Waals surface area contributed by atoms with Crippen molar-refractivity contribution in [2.45, 2.75) is 38.2 Å². The van der Waals surface area contributed by atoms with E-state index in [0.717, 1.165) is 0 Å². The zero-order chi connectivity index (χ0) is 10.0. The average molecular weight is 189 g/mol. The predicted octanol–water partition coefficient (Wildman–Crippen LogP) is -1.37. The lowest BCUT2D eigenvalue weighted by molar-refractivity contribution is -0.144. The van der Waals surface area contributed by atoms with Crippen molar-refractivity contribution in [3.63, 3.8) is 0 Å². The molecule has 5 heteroatoms. The van der Waals surface area contributed by atoms with Crippen molar-refractivity contribution in [1.29, 1.82) is 0 Å². The van der Waals surface area contributed by atoms with Gasteiger partial charge in [0.05, 0.1) is 18.8 Å². The standard InChI is InChI=1S/C8H15NO4/c1-4-7(9-5(2)10)8(12)6(11)3-13-4/h4,6-8,11-12H,3H2,1-2H3,(H,9,10)/t4-,6-,7-,8-/m1/s1. The molecule has 0 saturated carbocycles. The number of carbonyl (C=O) groups is 1. The van der Waals surface area contributed by atoms with Crippen LogP contribution in [0.5, 0.6) is 0 Å². The van der Waals surface area contributed by atoms with Gasteiger partial charge in [0.2, 0.25) is 5.91 Å². The summed E-state index contributed by atoms with van der Waals surface area (Å²) in [6.45, 7) is 3.22. The topological polar surface area (TPSA) is 78.8 Å². The number of hydrogen-bond acceptors (Lipinski definition) is 4. The molecule has 1 aliphatic heterocycles. The summed E-state index contributed by atoms with van der Waals surface area (Å²) in [7, 11) is 0. The lowest BCUT2D eigenvalue weighted by Crippen LogP contribution is -2.59. The molecule has 0 bridgehead atoms. The first-order chi connectivity index (χ1) is 6.02. The number of aliphatic hydroxyl groups excluding tert-OH is 2. The smallest absolute Gasteiger partial charge is 0.217 e. The monoisotopic (exact) mass is 189 g/mol. The average Bonchev–Trinajstić information content (AvgIpc) is 2.05. The Balaban J connectivity index is 2.60. The Morgan fingerprint density at radius 1 is 1.54 bits per heavy atom. The van der Waals surface area contributed by atoms with E-state index in [0.29, 0.717) is 0 Å². The lowest BCUT2D eigenvalue weighted by atomic mass is 9.98. The van der Waals surface area contributed by atoms with E-state index >= 15 is 0 Å². The van der Waals surface area contributed by atoms with Gasteiger partial charge in [0, 0.05) is 6.92 Å². The molecule has 76 valence electrons. The summed E-state index contributed by atoms with van der Waals surface area (Å²) in [4.78, 5) is 10.8. The van der Waals surface area contributed by atoms with Crippen LogP contribution in [0.2, 0.25) is 0 Å². The molecule has 1 rings (SSSR count). The van der Waals surface area contributed by atoms with Crippen molar-refractivity contribution in [2.75, 3.05) is 6.61 Å². The van der Waals surface area contributed by atoms with Gasteiger partial charge in [0.15, 0.2) is 0 Å². The molecule has 1 saturated heterocycles. The predicted molar refractivity (Wildman–Crippen MR) is 45.0 cm³/mol. The van der Waals surface area contributed by atoms with Crippen LogP contribution in [0.25, 0.3) is 0 Å². The van der Waals surface area contributed by atoms with Crippen molar-refractivity contribution < 1.29 is 19.7 Å². The van der Waals surface area contributed by atoms with Crippen molar-refractivity contribution in [2.24, 2.45) is 0 Å². The van der Waals surface area contributed by atoms with Crippen molar-refractivity contribution in [3.8, 4) is 0 Å². The number of rotatable bonds is 1. The van der Waals surface area contributed by atoms with Gasteiger partial charge >= 0.3 is 0 Å². The molecule has 0 spiro atoms. The van der Waals surface area contributed by atoms with Gasteiger partial charge in [-0.05, 0) is 6.92 Å². The van der Waals surface area contributed by atoms with Gasteiger partial charge in [-0.2, -0.15) is 0 Å². The first-order valence-corrected chi connectivity index (χ1v) is 4.27. The third-order valence-corrected chi connectivity index (χ3v) is 2.17. The Hall–Kier alpha value is -0.650. The molecule has 3 N–H and O–H groups in total. The van der Waals surface area contributed by atoms with Crippen LogP contribution in [0.1, 0.15) is 13.8 Å². The van der Waals surface area contributed by atoms with Gasteiger partial charge in [-0.3, -0.25) is 4.79 Å². The third-order valence-electron chi connectivity index (χ3n) is 2.17. The number of amides is 1. The quantitative estimate of drug-likeness (QED) is 0.475. The molecule has 1 fully saturated rings. The minimum absolute atomic E-state index is 0.110. The van der Waals surface area contributed by atoms with E-state index in [1.165, 1.54) is 6.92 Å². The Kier molecular flexibility index (Phi) is 3.24. The number of hydrogen-bond donors (Lipinski definition) is 3. The van der Waals surface area contributed by atoms with Crippen LogP contribution in [0.15, 0.2) is 0 Å². The van der Waals surface area contributed by atoms with E-state index in [1.807, 2.05) is 0 Å². The zero-order valence-corrected chi connectivity index (χ0v) is 7.73. The first-order valence-electron chi connectivity index (χ1n) is 4.27. The zero-order valence-electron chi connectivity index (χ0n) is 7.73. The molecule has 1 aliphatic rings. The summed E-state index contributed by atoms with van der Waals surface area (Å²) in [5.41, 5.74) is 0. The molecule has 4 atom stereocenters. The van der Waals surface area contributed by atoms with Crippen LogP contribution in [0, 0.1) is 0 Å². The SMILES string of the molecule is CC(=O)N[C@H]1[C@H](O)[C@H](O)CO[C@@H]1C. The van der Waals surface area contributed by atoms with E-state index < -0.39 is 18.2 Å². The van der Waals surface area contributed by atoms with Gasteiger partial charge in [-0.1, -0.05) is 0 Å². The molecule has 0 unspecified atom stereocenters. The summed E-state index contributed by atoms with van der Waals surface area (Å²) < 4.78 is 5.15. The number of carbonyl (C=O) groups excluding carboxylic acids is 1. The maximum Gasteiger partial charge on any atom is 0.217 e. The van der Waals surface area contributed by atoms with E-state index in [4.69, 9.17) is 4.74 Å². The molecule has 13 heavy (non-hydrogen) atoms. The third kappa shape index (κ3) is 2.40. The molecule has 0 radical (unpaired) electrons. The molecule has 0 aromatic rings. The summed E-state index contributed by atoms with van der Waals surface area (Å²) in [5, 5.41) is 21.3. The number of aliphatic hydroxyl groups is 2. The normalized spacial score (nSPS) is 40.0. The van der Waals surface area contributed by atoms with E-state index in [1.54, 1.807) is 6.92 Å². The van der Waals surface area contributed by atoms with Crippen LogP contribution < -0.4 is 5.32 Å². The Bertz CT molecular complexity index is 197. The summed E-state index contributed by atoms with van der Waals surface area (Å²) >= 11 is 0. The second-order valence-electron chi connectivity index (χ2n) is 3.32. The fraction of sp³-hybridized carbons (Fsp3) is 0.875. The van der Waals surface area contributed by atoms with Crippen LogP contribution >= 0.6 is 0 Å². The number of nitrogens with one attached hydrogen (secondary N) is 1. The van der Waals surface area contributed by atoms with Crippen molar-refractivity contribution in [1.82, 2.24) is 5.32 Å². The highest BCUT2D eigenvalue weighted by Crippen LogP contribution is 2.14. The highest BCUT2D eigenvalue weighted by Gasteiger charge is 2.36. The summed E-state index contributed by atoms with van der Waals surface area (Å²) in [6.07, 6.45) is -2.15. The van der Waals surface area contributed by atoms with Crippen LogP contribution in [0.4, 0.5) is 0 Å². The second-order valence-corrected chi connectivity index (χ2v) is 3.32. The molecular weight excluding hydrogens is 174 g/mol. The largest absolute Gasteiger partial charge is 0.388 e. The molecule has 0 aromatic heterocycles. The van der Waals surface area contributed by atoms with Crippen molar-refractivity contribution in [3.05, 3.63) is 0 Å². The van der Waals surface area contributed by atoms with Gasteiger partial charge < -0.3 is 20.3 Å².